The van der Waals surface area contributed by atoms with E-state index in [1.54, 1.807) is 0 Å². The lowest BCUT2D eigenvalue weighted by Gasteiger charge is -2.09. The first kappa shape index (κ1) is 11.8. The number of aromatic nitrogens is 3. The minimum atomic E-state index is 0.749. The van der Waals surface area contributed by atoms with Gasteiger partial charge in [0.15, 0.2) is 11.6 Å². The van der Waals surface area contributed by atoms with Gasteiger partial charge in [0.05, 0.1) is 0 Å². The average molecular weight is 249 g/mol. The summed E-state index contributed by atoms with van der Waals surface area (Å²) in [6.45, 7) is 1.91. The van der Waals surface area contributed by atoms with Crippen LogP contribution in [0.2, 0.25) is 0 Å². The molecule has 1 aromatic heterocycles. The lowest BCUT2D eigenvalue weighted by atomic mass is 10.0. The summed E-state index contributed by atoms with van der Waals surface area (Å²) in [4.78, 5) is 13.5. The largest absolute Gasteiger partial charge is 0.214 e. The van der Waals surface area contributed by atoms with E-state index in [4.69, 9.17) is 0 Å². The van der Waals surface area contributed by atoms with E-state index < -0.39 is 0 Å². The third-order valence-corrected chi connectivity index (χ3v) is 3.08. The molecule has 0 aliphatic heterocycles. The molecule has 0 bridgehead atoms. The van der Waals surface area contributed by atoms with Crippen molar-refractivity contribution in [1.82, 2.24) is 15.0 Å². The van der Waals surface area contributed by atoms with E-state index in [2.05, 4.69) is 33.2 Å². The van der Waals surface area contributed by atoms with E-state index in [9.17, 15) is 0 Å². The van der Waals surface area contributed by atoms with Crippen LogP contribution in [0, 0.1) is 6.92 Å². The van der Waals surface area contributed by atoms with Crippen molar-refractivity contribution in [3.05, 3.63) is 60.2 Å². The van der Waals surface area contributed by atoms with Crippen molar-refractivity contribution >= 4 is 5.57 Å². The molecule has 94 valence electrons. The molecule has 1 aliphatic carbocycles. The zero-order valence-electron chi connectivity index (χ0n) is 10.9. The van der Waals surface area contributed by atoms with E-state index >= 15 is 0 Å². The summed E-state index contributed by atoms with van der Waals surface area (Å²) in [5.41, 5.74) is 2.21. The Balaban J connectivity index is 2.06. The molecule has 0 atom stereocenters. The Kier molecular flexibility index (Phi) is 3.19. The van der Waals surface area contributed by atoms with Crippen LogP contribution < -0.4 is 0 Å². The molecule has 1 aromatic carbocycles. The van der Waals surface area contributed by atoms with Crippen LogP contribution in [0.25, 0.3) is 17.0 Å². The summed E-state index contributed by atoms with van der Waals surface area (Å²) in [5.74, 6) is 2.31. The highest BCUT2D eigenvalue weighted by molar-refractivity contribution is 5.65. The molecule has 0 amide bonds. The molecule has 3 heteroatoms. The minimum absolute atomic E-state index is 0.749. The summed E-state index contributed by atoms with van der Waals surface area (Å²) in [6.07, 6.45) is 8.37. The van der Waals surface area contributed by atoms with E-state index in [0.717, 1.165) is 35.9 Å². The van der Waals surface area contributed by atoms with Crippen LogP contribution in [-0.2, 0) is 0 Å². The zero-order chi connectivity index (χ0) is 13.1. The van der Waals surface area contributed by atoms with E-state index in [0.29, 0.717) is 0 Å². The number of nitrogens with zero attached hydrogens (tertiary/aromatic N) is 3. The Morgan fingerprint density at radius 3 is 2.47 bits per heavy atom. The molecule has 1 heterocycles. The molecule has 3 nitrogen and oxygen atoms in total. The Hall–Kier alpha value is -2.29. The second-order valence-electron chi connectivity index (χ2n) is 4.55. The Bertz CT molecular complexity index is 642. The van der Waals surface area contributed by atoms with Crippen LogP contribution in [0.4, 0.5) is 0 Å². The van der Waals surface area contributed by atoms with Crippen LogP contribution in [0.3, 0.4) is 0 Å². The standard InChI is InChI=1S/C16H15N3/c1-12-17-15(13-8-4-2-5-9-13)19-16(18-12)14-10-6-3-7-11-14/h2-6,8-10H,7,11H2,1H3. The molecule has 0 fully saturated rings. The summed E-state index contributed by atoms with van der Waals surface area (Å²) < 4.78 is 0. The maximum Gasteiger partial charge on any atom is 0.163 e. The van der Waals surface area contributed by atoms with Crippen LogP contribution >= 0.6 is 0 Å². The van der Waals surface area contributed by atoms with Gasteiger partial charge in [-0.05, 0) is 25.3 Å². The van der Waals surface area contributed by atoms with Gasteiger partial charge < -0.3 is 0 Å². The maximum absolute atomic E-state index is 4.60. The lowest BCUT2D eigenvalue weighted by Crippen LogP contribution is -2.03. The van der Waals surface area contributed by atoms with Gasteiger partial charge in [-0.15, -0.1) is 0 Å². The predicted octanol–water partition coefficient (Wildman–Crippen LogP) is 3.58. The first-order chi connectivity index (χ1) is 9.33. The van der Waals surface area contributed by atoms with Gasteiger partial charge in [-0.1, -0.05) is 48.6 Å². The number of benzene rings is 1. The first-order valence-electron chi connectivity index (χ1n) is 6.47. The summed E-state index contributed by atoms with van der Waals surface area (Å²) in [6, 6.07) is 10.0. The number of aryl methyl sites for hydroxylation is 1. The fourth-order valence-corrected chi connectivity index (χ4v) is 2.13. The minimum Gasteiger partial charge on any atom is -0.214 e. The Labute approximate surface area is 112 Å². The highest BCUT2D eigenvalue weighted by Gasteiger charge is 2.10. The fourth-order valence-electron chi connectivity index (χ4n) is 2.13. The van der Waals surface area contributed by atoms with E-state index in [1.165, 1.54) is 5.57 Å². The van der Waals surface area contributed by atoms with Crippen molar-refractivity contribution in [2.24, 2.45) is 0 Å². The van der Waals surface area contributed by atoms with Crippen LogP contribution in [0.1, 0.15) is 24.5 Å². The molecular weight excluding hydrogens is 234 g/mol. The van der Waals surface area contributed by atoms with Crippen molar-refractivity contribution in [2.75, 3.05) is 0 Å². The summed E-state index contributed by atoms with van der Waals surface area (Å²) in [5, 5.41) is 0. The number of hydrogen-bond donors (Lipinski definition) is 0. The van der Waals surface area contributed by atoms with Gasteiger partial charge in [-0.25, -0.2) is 15.0 Å². The third-order valence-electron chi connectivity index (χ3n) is 3.08. The number of hydrogen-bond acceptors (Lipinski definition) is 3. The van der Waals surface area contributed by atoms with Gasteiger partial charge >= 0.3 is 0 Å². The van der Waals surface area contributed by atoms with E-state index in [-0.39, 0.29) is 0 Å². The molecule has 3 rings (SSSR count). The van der Waals surface area contributed by atoms with Gasteiger partial charge in [0, 0.05) is 5.56 Å². The van der Waals surface area contributed by atoms with Crippen LogP contribution in [0.5, 0.6) is 0 Å². The van der Waals surface area contributed by atoms with Gasteiger partial charge in [0.2, 0.25) is 0 Å². The number of allylic oxidation sites excluding steroid dienone is 4. The molecule has 0 radical (unpaired) electrons. The molecule has 19 heavy (non-hydrogen) atoms. The van der Waals surface area contributed by atoms with Crippen LogP contribution in [0.15, 0.2) is 48.6 Å². The third kappa shape index (κ3) is 2.60. The number of rotatable bonds is 2. The zero-order valence-corrected chi connectivity index (χ0v) is 10.9. The molecule has 0 unspecified atom stereocenters. The Morgan fingerprint density at radius 2 is 1.74 bits per heavy atom. The van der Waals surface area contributed by atoms with Crippen molar-refractivity contribution in [3.63, 3.8) is 0 Å². The highest BCUT2D eigenvalue weighted by atomic mass is 15.0. The lowest BCUT2D eigenvalue weighted by molar-refractivity contribution is 0.933. The van der Waals surface area contributed by atoms with Crippen molar-refractivity contribution in [3.8, 4) is 11.4 Å². The van der Waals surface area contributed by atoms with Gasteiger partial charge in [0.25, 0.3) is 0 Å². The molecule has 1 aliphatic rings. The molecule has 2 aromatic rings. The quantitative estimate of drug-likeness (QED) is 0.816. The maximum atomic E-state index is 4.60. The summed E-state index contributed by atoms with van der Waals surface area (Å²) in [7, 11) is 0. The van der Waals surface area contributed by atoms with Gasteiger partial charge in [-0.2, -0.15) is 0 Å². The highest BCUT2D eigenvalue weighted by Crippen LogP contribution is 2.22. The molecule has 0 N–H and O–H groups in total. The first-order valence-corrected chi connectivity index (χ1v) is 6.47. The Morgan fingerprint density at radius 1 is 0.947 bits per heavy atom. The van der Waals surface area contributed by atoms with Crippen LogP contribution in [-0.4, -0.2) is 15.0 Å². The normalized spacial score (nSPS) is 14.3. The predicted molar refractivity (Wildman–Crippen MR) is 76.4 cm³/mol. The molecule has 0 saturated carbocycles. The second kappa shape index (κ2) is 5.14. The molecular formula is C16H15N3. The van der Waals surface area contributed by atoms with Crippen molar-refractivity contribution < 1.29 is 0 Å². The fraction of sp³-hybridized carbons (Fsp3) is 0.188. The molecule has 0 spiro atoms. The van der Waals surface area contributed by atoms with Gasteiger partial charge in [-0.3, -0.25) is 0 Å². The smallest absolute Gasteiger partial charge is 0.163 e. The van der Waals surface area contributed by atoms with Gasteiger partial charge in [0.1, 0.15) is 5.82 Å². The van der Waals surface area contributed by atoms with Crippen molar-refractivity contribution in [1.29, 1.82) is 0 Å². The summed E-state index contributed by atoms with van der Waals surface area (Å²) >= 11 is 0. The molecule has 0 saturated heterocycles. The van der Waals surface area contributed by atoms with E-state index in [1.807, 2.05) is 37.3 Å². The average Bonchev–Trinajstić information content (AvgIpc) is 2.48. The van der Waals surface area contributed by atoms with Crippen molar-refractivity contribution in [2.45, 2.75) is 19.8 Å². The monoisotopic (exact) mass is 249 g/mol. The second-order valence-corrected chi connectivity index (χ2v) is 4.55. The SMILES string of the molecule is Cc1nc(C2=CC=CCC2)nc(-c2ccccc2)n1. The topological polar surface area (TPSA) is 38.7 Å².